The Hall–Kier alpha value is -2.71. The van der Waals surface area contributed by atoms with Gasteiger partial charge in [0, 0.05) is 32.6 Å². The van der Waals surface area contributed by atoms with Gasteiger partial charge in [0.1, 0.15) is 12.4 Å². The summed E-state index contributed by atoms with van der Waals surface area (Å²) >= 11 is 0. The molecule has 2 bridgehead atoms. The molecule has 31 heavy (non-hydrogen) atoms. The second-order valence-corrected chi connectivity index (χ2v) is 8.94. The van der Waals surface area contributed by atoms with Crippen molar-refractivity contribution in [1.29, 1.82) is 0 Å². The molecule has 2 aliphatic carbocycles. The van der Waals surface area contributed by atoms with Crippen LogP contribution in [0, 0.1) is 23.7 Å². The number of fused-ring (bicyclic) bond motifs is 6. The lowest BCUT2D eigenvalue weighted by atomic mass is 9.85. The number of carbonyl (C=O) groups excluding carboxylic acids is 2. The number of imide groups is 1. The summed E-state index contributed by atoms with van der Waals surface area (Å²) in [7, 11) is 0. The maximum Gasteiger partial charge on any atom is 0.233 e. The lowest BCUT2D eigenvalue weighted by molar-refractivity contribution is -0.140. The van der Waals surface area contributed by atoms with E-state index >= 15 is 0 Å². The number of hydrogen-bond donors (Lipinski definition) is 2. The molecular formula is C22H31N7O2. The molecular weight excluding hydrogens is 394 g/mol. The van der Waals surface area contributed by atoms with Gasteiger partial charge in [0.05, 0.1) is 11.8 Å². The van der Waals surface area contributed by atoms with Crippen molar-refractivity contribution >= 4 is 17.8 Å². The number of aliphatic imine (C=N–C) groups is 1. The third-order valence-electron chi connectivity index (χ3n) is 7.07. The van der Waals surface area contributed by atoms with Crippen LogP contribution in [0.2, 0.25) is 0 Å². The van der Waals surface area contributed by atoms with E-state index in [9.17, 15) is 9.59 Å². The molecule has 0 radical (unpaired) electrons. The standard InChI is InChI=1S/C22H31N7O2/c1-2-23-22(25-13-17-27-26-16-6-3-4-10-28(16)17)24-9-5-11-29-20(30)18-14-7-8-15(12-14)19(18)21(29)31/h7-8,14-15,18-19H,2-6,9-13H2,1H3,(H2,23,24,25). The summed E-state index contributed by atoms with van der Waals surface area (Å²) in [6.45, 7) is 5.33. The highest BCUT2D eigenvalue weighted by atomic mass is 16.2. The first-order valence-electron chi connectivity index (χ1n) is 11.6. The van der Waals surface area contributed by atoms with E-state index < -0.39 is 0 Å². The van der Waals surface area contributed by atoms with E-state index in [4.69, 9.17) is 0 Å². The largest absolute Gasteiger partial charge is 0.357 e. The Bertz CT molecular complexity index is 891. The number of amides is 2. The van der Waals surface area contributed by atoms with Crippen LogP contribution in [0.1, 0.15) is 44.3 Å². The van der Waals surface area contributed by atoms with Gasteiger partial charge in [0.2, 0.25) is 11.8 Å². The molecule has 1 saturated heterocycles. The Morgan fingerprint density at radius 1 is 1.13 bits per heavy atom. The third-order valence-corrected chi connectivity index (χ3v) is 7.07. The number of guanidine groups is 1. The van der Waals surface area contributed by atoms with Crippen molar-refractivity contribution in [2.45, 2.75) is 52.1 Å². The van der Waals surface area contributed by atoms with Crippen molar-refractivity contribution in [2.75, 3.05) is 19.6 Å². The lowest BCUT2D eigenvalue weighted by Gasteiger charge is -2.18. The van der Waals surface area contributed by atoms with Gasteiger partial charge < -0.3 is 15.2 Å². The summed E-state index contributed by atoms with van der Waals surface area (Å²) in [6.07, 6.45) is 9.26. The molecule has 9 nitrogen and oxygen atoms in total. The van der Waals surface area contributed by atoms with Crippen molar-refractivity contribution < 1.29 is 9.59 Å². The molecule has 0 aromatic carbocycles. The predicted octanol–water partition coefficient (Wildman–Crippen LogP) is 0.867. The van der Waals surface area contributed by atoms with E-state index in [-0.39, 0.29) is 35.5 Å². The molecule has 9 heteroatoms. The summed E-state index contributed by atoms with van der Waals surface area (Å²) in [5.74, 6) is 3.06. The third kappa shape index (κ3) is 3.64. The fourth-order valence-electron chi connectivity index (χ4n) is 5.61. The second-order valence-electron chi connectivity index (χ2n) is 8.94. The van der Waals surface area contributed by atoms with Crippen molar-refractivity contribution in [3.63, 3.8) is 0 Å². The predicted molar refractivity (Wildman–Crippen MR) is 115 cm³/mol. The minimum absolute atomic E-state index is 0.0315. The van der Waals surface area contributed by atoms with Gasteiger partial charge in [0.15, 0.2) is 11.8 Å². The van der Waals surface area contributed by atoms with E-state index in [0.29, 0.717) is 32.0 Å². The van der Waals surface area contributed by atoms with E-state index in [1.165, 1.54) is 11.3 Å². The van der Waals surface area contributed by atoms with Crippen LogP contribution in [-0.2, 0) is 29.1 Å². The van der Waals surface area contributed by atoms with Gasteiger partial charge in [0.25, 0.3) is 0 Å². The molecule has 4 unspecified atom stereocenters. The van der Waals surface area contributed by atoms with Crippen LogP contribution in [-0.4, -0.2) is 57.1 Å². The maximum atomic E-state index is 12.8. The number of allylic oxidation sites excluding steroid dienone is 2. The number of aromatic nitrogens is 3. The number of nitrogens with zero attached hydrogens (tertiary/aromatic N) is 5. The number of nitrogens with one attached hydrogen (secondary N) is 2. The Kier molecular flexibility index (Phi) is 5.50. The molecule has 4 aliphatic rings. The van der Waals surface area contributed by atoms with E-state index in [1.54, 1.807) is 0 Å². The number of aryl methyl sites for hydroxylation is 1. The summed E-state index contributed by atoms with van der Waals surface area (Å²) in [6, 6.07) is 0. The van der Waals surface area contributed by atoms with E-state index in [1.807, 2.05) is 6.92 Å². The van der Waals surface area contributed by atoms with Gasteiger partial charge in [-0.1, -0.05) is 12.2 Å². The molecule has 2 N–H and O–H groups in total. The molecule has 5 rings (SSSR count). The first-order valence-corrected chi connectivity index (χ1v) is 11.6. The smallest absolute Gasteiger partial charge is 0.233 e. The summed E-state index contributed by atoms with van der Waals surface area (Å²) in [4.78, 5) is 31.7. The van der Waals surface area contributed by atoms with Crippen LogP contribution in [0.5, 0.6) is 0 Å². The Labute approximate surface area is 182 Å². The molecule has 2 fully saturated rings. The van der Waals surface area contributed by atoms with Crippen molar-refractivity contribution in [2.24, 2.45) is 28.7 Å². The highest BCUT2D eigenvalue weighted by Gasteiger charge is 2.58. The normalized spacial score (nSPS) is 28.9. The monoisotopic (exact) mass is 425 g/mol. The fraction of sp³-hybridized carbons (Fsp3) is 0.682. The zero-order valence-electron chi connectivity index (χ0n) is 18.1. The van der Waals surface area contributed by atoms with Crippen LogP contribution in [0.15, 0.2) is 17.1 Å². The SMILES string of the molecule is CCNC(=NCc1nnc2n1CCCC2)NCCCN1C(=O)C2C3C=CC(C3)C2C1=O. The van der Waals surface area contributed by atoms with Crippen LogP contribution in [0.4, 0.5) is 0 Å². The number of hydrogen-bond acceptors (Lipinski definition) is 5. The van der Waals surface area contributed by atoms with Gasteiger partial charge in [-0.05, 0) is 44.4 Å². The van der Waals surface area contributed by atoms with Crippen molar-refractivity contribution in [3.8, 4) is 0 Å². The molecule has 2 amide bonds. The van der Waals surface area contributed by atoms with Crippen LogP contribution in [0.3, 0.4) is 0 Å². The minimum atomic E-state index is -0.108. The van der Waals surface area contributed by atoms with E-state index in [0.717, 1.165) is 44.0 Å². The quantitative estimate of drug-likeness (QED) is 0.221. The Morgan fingerprint density at radius 2 is 1.90 bits per heavy atom. The number of carbonyl (C=O) groups is 2. The lowest BCUT2D eigenvalue weighted by Crippen LogP contribution is -2.40. The summed E-state index contributed by atoms with van der Waals surface area (Å²) in [5.41, 5.74) is 0. The molecule has 2 aliphatic heterocycles. The first-order chi connectivity index (χ1) is 15.2. The zero-order chi connectivity index (χ0) is 21.4. The number of rotatable bonds is 7. The van der Waals surface area contributed by atoms with Gasteiger partial charge in [-0.3, -0.25) is 14.5 Å². The second kappa shape index (κ2) is 8.43. The van der Waals surface area contributed by atoms with Crippen molar-refractivity contribution in [1.82, 2.24) is 30.3 Å². The topological polar surface area (TPSA) is 105 Å². The molecule has 0 spiro atoms. The minimum Gasteiger partial charge on any atom is -0.357 e. The van der Waals surface area contributed by atoms with Gasteiger partial charge in [-0.2, -0.15) is 0 Å². The average molecular weight is 426 g/mol. The Balaban J connectivity index is 1.13. The zero-order valence-corrected chi connectivity index (χ0v) is 18.1. The highest BCUT2D eigenvalue weighted by molar-refractivity contribution is 6.06. The average Bonchev–Trinajstić information content (AvgIpc) is 3.54. The molecule has 4 atom stereocenters. The van der Waals surface area contributed by atoms with E-state index in [2.05, 4.69) is 42.5 Å². The Morgan fingerprint density at radius 3 is 2.65 bits per heavy atom. The van der Waals surface area contributed by atoms with Gasteiger partial charge in [-0.15, -0.1) is 10.2 Å². The van der Waals surface area contributed by atoms with Crippen LogP contribution in [0.25, 0.3) is 0 Å². The number of likely N-dealkylation sites (tertiary alicyclic amines) is 1. The highest BCUT2D eigenvalue weighted by Crippen LogP contribution is 2.52. The van der Waals surface area contributed by atoms with Crippen molar-refractivity contribution in [3.05, 3.63) is 23.8 Å². The molecule has 166 valence electrons. The van der Waals surface area contributed by atoms with Gasteiger partial charge in [-0.25, -0.2) is 4.99 Å². The van der Waals surface area contributed by atoms with Crippen LogP contribution < -0.4 is 10.6 Å². The van der Waals surface area contributed by atoms with Crippen LogP contribution >= 0.6 is 0 Å². The first kappa shape index (κ1) is 20.2. The van der Waals surface area contributed by atoms with Gasteiger partial charge >= 0.3 is 0 Å². The summed E-state index contributed by atoms with van der Waals surface area (Å²) in [5, 5.41) is 15.2. The molecule has 1 saturated carbocycles. The molecule has 3 heterocycles. The molecule has 1 aromatic heterocycles. The molecule has 1 aromatic rings. The maximum absolute atomic E-state index is 12.8. The summed E-state index contributed by atoms with van der Waals surface area (Å²) < 4.78 is 2.18. The fourth-order valence-corrected chi connectivity index (χ4v) is 5.61.